The topological polar surface area (TPSA) is 54.4 Å². The van der Waals surface area contributed by atoms with E-state index in [1.807, 2.05) is 13.8 Å². The van der Waals surface area contributed by atoms with E-state index in [1.165, 1.54) is 12.1 Å². The van der Waals surface area contributed by atoms with Crippen LogP contribution in [0, 0.1) is 17.7 Å². The Morgan fingerprint density at radius 2 is 2.00 bits per heavy atom. The Labute approximate surface area is 122 Å². The Bertz CT molecular complexity index is 500. The summed E-state index contributed by atoms with van der Waals surface area (Å²) < 4.78 is 13.0. The molecule has 20 heavy (non-hydrogen) atoms. The molecule has 0 heterocycles. The fraction of sp³-hybridized carbons (Fsp3) is 0.467. The third-order valence-corrected chi connectivity index (χ3v) is 3.34. The number of carbonyl (C=O) groups excluding carboxylic acids is 1. The van der Waals surface area contributed by atoms with Crippen molar-refractivity contribution in [3.63, 3.8) is 0 Å². The minimum Gasteiger partial charge on any atom is -0.481 e. The van der Waals surface area contributed by atoms with E-state index in [-0.39, 0.29) is 35.1 Å². The van der Waals surface area contributed by atoms with E-state index in [1.54, 1.807) is 0 Å². The van der Waals surface area contributed by atoms with E-state index >= 15 is 0 Å². The first-order valence-electron chi connectivity index (χ1n) is 6.52. The number of hydrogen-bond acceptors (Lipinski definition) is 2. The fourth-order valence-corrected chi connectivity index (χ4v) is 2.39. The van der Waals surface area contributed by atoms with Gasteiger partial charge in [-0.25, -0.2) is 4.39 Å². The molecule has 5 heteroatoms. The Kier molecular flexibility index (Phi) is 6.14. The zero-order valence-electron chi connectivity index (χ0n) is 11.5. The third-order valence-electron chi connectivity index (χ3n) is 3.03. The summed E-state index contributed by atoms with van der Waals surface area (Å²) in [6, 6.07) is 3.63. The highest BCUT2D eigenvalue weighted by Crippen LogP contribution is 2.26. The number of aliphatic carboxylic acids is 1. The SMILES string of the molecule is CC(C)CC(CCC(=O)O)C(=O)c1ccc(F)cc1Cl. The molecular weight excluding hydrogens is 283 g/mol. The summed E-state index contributed by atoms with van der Waals surface area (Å²) in [6.45, 7) is 3.93. The number of halogens is 2. The lowest BCUT2D eigenvalue weighted by molar-refractivity contribution is -0.137. The van der Waals surface area contributed by atoms with Crippen LogP contribution in [0.2, 0.25) is 5.02 Å². The maximum Gasteiger partial charge on any atom is 0.303 e. The van der Waals surface area contributed by atoms with Crippen molar-refractivity contribution in [2.24, 2.45) is 11.8 Å². The molecule has 0 aliphatic heterocycles. The Hall–Kier alpha value is -1.42. The van der Waals surface area contributed by atoms with Gasteiger partial charge in [-0.3, -0.25) is 9.59 Å². The summed E-state index contributed by atoms with van der Waals surface area (Å²) in [6.07, 6.45) is 0.780. The van der Waals surface area contributed by atoms with Gasteiger partial charge in [0.25, 0.3) is 0 Å². The highest BCUT2D eigenvalue weighted by atomic mass is 35.5. The van der Waals surface area contributed by atoms with Crippen molar-refractivity contribution < 1.29 is 19.1 Å². The smallest absolute Gasteiger partial charge is 0.303 e. The molecule has 0 aliphatic carbocycles. The number of ketones is 1. The molecule has 0 saturated heterocycles. The molecule has 0 radical (unpaired) electrons. The quantitative estimate of drug-likeness (QED) is 0.768. The Morgan fingerprint density at radius 3 is 2.50 bits per heavy atom. The van der Waals surface area contributed by atoms with Crippen LogP contribution in [0.1, 0.15) is 43.5 Å². The molecule has 1 aromatic carbocycles. The first-order chi connectivity index (χ1) is 9.31. The first kappa shape index (κ1) is 16.6. The van der Waals surface area contributed by atoms with Gasteiger partial charge >= 0.3 is 5.97 Å². The first-order valence-corrected chi connectivity index (χ1v) is 6.90. The van der Waals surface area contributed by atoms with Gasteiger partial charge in [0.15, 0.2) is 5.78 Å². The molecule has 1 aromatic rings. The van der Waals surface area contributed by atoms with Crippen molar-refractivity contribution >= 4 is 23.4 Å². The summed E-state index contributed by atoms with van der Waals surface area (Å²) in [4.78, 5) is 23.1. The molecule has 1 rings (SSSR count). The number of rotatable bonds is 7. The van der Waals surface area contributed by atoms with Crippen LogP contribution in [0.5, 0.6) is 0 Å². The van der Waals surface area contributed by atoms with Gasteiger partial charge < -0.3 is 5.11 Å². The summed E-state index contributed by atoms with van der Waals surface area (Å²) in [7, 11) is 0. The minimum absolute atomic E-state index is 0.0675. The van der Waals surface area contributed by atoms with Crippen molar-refractivity contribution in [3.05, 3.63) is 34.6 Å². The maximum atomic E-state index is 13.0. The second-order valence-electron chi connectivity index (χ2n) is 5.25. The molecule has 0 saturated carbocycles. The van der Waals surface area contributed by atoms with E-state index in [9.17, 15) is 14.0 Å². The monoisotopic (exact) mass is 300 g/mol. The van der Waals surface area contributed by atoms with Crippen LogP contribution in [-0.4, -0.2) is 16.9 Å². The summed E-state index contributed by atoms with van der Waals surface area (Å²) in [5.41, 5.74) is 0.254. The minimum atomic E-state index is -0.934. The third kappa shape index (κ3) is 4.93. The molecule has 0 amide bonds. The van der Waals surface area contributed by atoms with E-state index in [0.717, 1.165) is 6.07 Å². The van der Waals surface area contributed by atoms with Crippen LogP contribution in [0.25, 0.3) is 0 Å². The Balaban J connectivity index is 2.93. The number of benzene rings is 1. The summed E-state index contributed by atoms with van der Waals surface area (Å²) in [5.74, 6) is -1.80. The number of carbonyl (C=O) groups is 2. The Morgan fingerprint density at radius 1 is 1.35 bits per heavy atom. The standard InChI is InChI=1S/C15H18ClFO3/c1-9(2)7-10(3-6-14(18)19)15(20)12-5-4-11(17)8-13(12)16/h4-5,8-10H,3,6-7H2,1-2H3,(H,18,19). The number of hydrogen-bond donors (Lipinski definition) is 1. The summed E-state index contributed by atoms with van der Waals surface area (Å²) >= 11 is 5.89. The molecule has 1 N–H and O–H groups in total. The van der Waals surface area contributed by atoms with Gasteiger partial charge in [-0.2, -0.15) is 0 Å². The van der Waals surface area contributed by atoms with E-state index in [4.69, 9.17) is 16.7 Å². The molecule has 0 bridgehead atoms. The second-order valence-corrected chi connectivity index (χ2v) is 5.65. The molecular formula is C15H18ClFO3. The van der Waals surface area contributed by atoms with Gasteiger partial charge in [0.05, 0.1) is 5.02 Å². The molecule has 0 aliphatic rings. The van der Waals surface area contributed by atoms with E-state index in [0.29, 0.717) is 6.42 Å². The molecule has 0 spiro atoms. The van der Waals surface area contributed by atoms with Crippen LogP contribution in [0.4, 0.5) is 4.39 Å². The fourth-order valence-electron chi connectivity index (χ4n) is 2.13. The van der Waals surface area contributed by atoms with Crippen LogP contribution < -0.4 is 0 Å². The van der Waals surface area contributed by atoms with Crippen LogP contribution >= 0.6 is 11.6 Å². The molecule has 3 nitrogen and oxygen atoms in total. The number of Topliss-reactive ketones (excluding diaryl/α,β-unsaturated/α-hetero) is 1. The molecule has 0 aromatic heterocycles. The van der Waals surface area contributed by atoms with Gasteiger partial charge in [-0.15, -0.1) is 0 Å². The maximum absolute atomic E-state index is 13.0. The lowest BCUT2D eigenvalue weighted by Crippen LogP contribution is -2.19. The van der Waals surface area contributed by atoms with Gasteiger partial charge in [-0.1, -0.05) is 25.4 Å². The number of carboxylic acid groups (broad SMARTS) is 1. The van der Waals surface area contributed by atoms with Gasteiger partial charge in [-0.05, 0) is 37.0 Å². The molecule has 1 unspecified atom stereocenters. The van der Waals surface area contributed by atoms with Gasteiger partial charge in [0.2, 0.25) is 0 Å². The average Bonchev–Trinajstić information content (AvgIpc) is 2.33. The van der Waals surface area contributed by atoms with Crippen LogP contribution in [0.3, 0.4) is 0 Å². The highest BCUT2D eigenvalue weighted by Gasteiger charge is 2.24. The van der Waals surface area contributed by atoms with Crippen molar-refractivity contribution in [2.75, 3.05) is 0 Å². The predicted octanol–water partition coefficient (Wildman–Crippen LogP) is 4.19. The van der Waals surface area contributed by atoms with Gasteiger partial charge in [0, 0.05) is 17.9 Å². The lowest BCUT2D eigenvalue weighted by atomic mass is 9.86. The normalized spacial score (nSPS) is 12.4. The van der Waals surface area contributed by atoms with Crippen molar-refractivity contribution in [1.29, 1.82) is 0 Å². The van der Waals surface area contributed by atoms with Crippen molar-refractivity contribution in [3.8, 4) is 0 Å². The summed E-state index contributed by atoms with van der Waals surface area (Å²) in [5, 5.41) is 8.82. The van der Waals surface area contributed by atoms with Gasteiger partial charge in [0.1, 0.15) is 5.82 Å². The molecule has 0 fully saturated rings. The number of carboxylic acids is 1. The second kappa shape index (κ2) is 7.39. The van der Waals surface area contributed by atoms with Crippen molar-refractivity contribution in [2.45, 2.75) is 33.1 Å². The largest absolute Gasteiger partial charge is 0.481 e. The zero-order valence-corrected chi connectivity index (χ0v) is 12.3. The van der Waals surface area contributed by atoms with Crippen LogP contribution in [-0.2, 0) is 4.79 Å². The lowest BCUT2D eigenvalue weighted by Gasteiger charge is -2.17. The average molecular weight is 301 g/mol. The highest BCUT2D eigenvalue weighted by molar-refractivity contribution is 6.34. The van der Waals surface area contributed by atoms with E-state index < -0.39 is 17.7 Å². The predicted molar refractivity (Wildman–Crippen MR) is 75.6 cm³/mol. The molecule has 1 atom stereocenters. The van der Waals surface area contributed by atoms with E-state index in [2.05, 4.69) is 0 Å². The van der Waals surface area contributed by atoms with Crippen molar-refractivity contribution in [1.82, 2.24) is 0 Å². The van der Waals surface area contributed by atoms with Crippen LogP contribution in [0.15, 0.2) is 18.2 Å². The zero-order chi connectivity index (χ0) is 15.3. The molecule has 110 valence electrons.